The molecule has 2 aliphatic carbocycles. The van der Waals surface area contributed by atoms with Crippen LogP contribution >= 0.6 is 9.24 Å². The Hall–Kier alpha value is -5.86. The molecule has 0 bridgehead atoms. The maximum atomic E-state index is 5.39. The fourth-order valence-electron chi connectivity index (χ4n) is 7.62. The standard InChI is InChI=1S/C31H39N2OP.C19H22N2.C7H8/c1-23-5-3-6-25(10-8-23)22-31(35)33-29-17-13-27(14-18-29)21-26-11-15-28(16-12-26)32-24(2)9-19-30-7-4-20-34-30;1-14(2)20-18-9-5-16(6-10-18)13-17-7-11-19(12-8-17)21-15(3)4;1-2-7-5-3-4-6-7/h4,7,11-18,20,23,25,32H,2-3,5-6,8-10,19,21-22,35H2,1H3;5-12,20-21H,1,3,13H2,2,4H3;3,5-6H,2H2,1H3. The van der Waals surface area contributed by atoms with Crippen molar-refractivity contribution in [2.24, 2.45) is 16.8 Å². The quantitative estimate of drug-likeness (QED) is 0.0377. The number of nitrogens with one attached hydrogen (secondary N) is 3. The zero-order valence-corrected chi connectivity index (χ0v) is 39.3. The SMILES string of the molecule is C=C(C)Nc1ccc(Cc2ccc(NC(=C)C)cc2)cc1.C=C(CCc1ccco1)Nc1ccc(Cc2ccc(N=C(P)CC3CCCC(C)CC3)cc2)cc1.CCC1=CC=C=C1. The van der Waals surface area contributed by atoms with Crippen LogP contribution < -0.4 is 16.0 Å². The molecule has 63 heavy (non-hydrogen) atoms. The average molecular weight is 857 g/mol. The molecule has 1 aromatic heterocycles. The van der Waals surface area contributed by atoms with Crippen LogP contribution in [0.5, 0.6) is 0 Å². The van der Waals surface area contributed by atoms with E-state index >= 15 is 0 Å². The van der Waals surface area contributed by atoms with Crippen LogP contribution in [0, 0.1) is 11.8 Å². The van der Waals surface area contributed by atoms with Gasteiger partial charge in [0.05, 0.1) is 12.0 Å². The zero-order valence-electron chi connectivity index (χ0n) is 38.2. The fraction of sp³-hybridized carbons (Fsp3) is 0.298. The lowest BCUT2D eigenvalue weighted by molar-refractivity contribution is 0.459. The van der Waals surface area contributed by atoms with Gasteiger partial charge in [0.1, 0.15) is 5.76 Å². The van der Waals surface area contributed by atoms with Crippen molar-refractivity contribution in [1.29, 1.82) is 0 Å². The Labute approximate surface area is 381 Å². The molecule has 1 saturated carbocycles. The third-order valence-electron chi connectivity index (χ3n) is 11.1. The lowest BCUT2D eigenvalue weighted by Gasteiger charge is -2.13. The van der Waals surface area contributed by atoms with E-state index < -0.39 is 0 Å². The molecule has 2 aliphatic rings. The number of nitrogens with zero attached hydrogens (tertiary/aromatic N) is 1. The van der Waals surface area contributed by atoms with Crippen molar-refractivity contribution in [2.75, 3.05) is 16.0 Å². The summed E-state index contributed by atoms with van der Waals surface area (Å²) < 4.78 is 5.39. The largest absolute Gasteiger partial charge is 0.469 e. The molecule has 7 rings (SSSR count). The number of benzene rings is 4. The molecule has 3 unspecified atom stereocenters. The number of rotatable bonds is 17. The van der Waals surface area contributed by atoms with Gasteiger partial charge in [-0.1, -0.05) is 123 Å². The molecule has 0 radical (unpaired) electrons. The zero-order chi connectivity index (χ0) is 44.8. The Bertz CT molecular complexity index is 2250. The van der Waals surface area contributed by atoms with Crippen LogP contribution in [-0.4, -0.2) is 5.45 Å². The maximum absolute atomic E-state index is 5.39. The van der Waals surface area contributed by atoms with Crippen molar-refractivity contribution in [3.05, 3.63) is 210 Å². The molecule has 328 valence electrons. The summed E-state index contributed by atoms with van der Waals surface area (Å²) in [5.41, 5.74) is 17.9. The Balaban J connectivity index is 0.000000224. The molecule has 0 amide bonds. The van der Waals surface area contributed by atoms with E-state index in [2.05, 4.69) is 168 Å². The van der Waals surface area contributed by atoms with Crippen molar-refractivity contribution in [3.8, 4) is 0 Å². The van der Waals surface area contributed by atoms with Gasteiger partial charge in [-0.3, -0.25) is 4.99 Å². The fourth-order valence-corrected chi connectivity index (χ4v) is 8.10. The van der Waals surface area contributed by atoms with E-state index in [-0.39, 0.29) is 0 Å². The number of aryl methyl sites for hydroxylation is 1. The Morgan fingerprint density at radius 1 is 0.714 bits per heavy atom. The first-order valence-corrected chi connectivity index (χ1v) is 23.2. The van der Waals surface area contributed by atoms with Gasteiger partial charge in [-0.25, -0.2) is 0 Å². The number of hydrogen-bond donors (Lipinski definition) is 3. The van der Waals surface area contributed by atoms with E-state index in [0.29, 0.717) is 0 Å². The molecule has 0 aliphatic heterocycles. The van der Waals surface area contributed by atoms with Crippen molar-refractivity contribution < 1.29 is 4.42 Å². The van der Waals surface area contributed by atoms with Crippen LogP contribution in [-0.2, 0) is 19.3 Å². The van der Waals surface area contributed by atoms with E-state index in [4.69, 9.17) is 9.41 Å². The molecule has 4 aromatic carbocycles. The molecule has 6 heteroatoms. The van der Waals surface area contributed by atoms with Gasteiger partial charge < -0.3 is 20.4 Å². The summed E-state index contributed by atoms with van der Waals surface area (Å²) in [6, 6.07) is 38.1. The van der Waals surface area contributed by atoms with Crippen molar-refractivity contribution in [1.82, 2.24) is 0 Å². The summed E-state index contributed by atoms with van der Waals surface area (Å²) in [6.45, 7) is 20.3. The van der Waals surface area contributed by atoms with Crippen LogP contribution in [0.15, 0.2) is 191 Å². The highest BCUT2D eigenvalue weighted by Crippen LogP contribution is 2.31. The molecular weight excluding hydrogens is 788 g/mol. The average Bonchev–Trinajstić information content (AvgIpc) is 3.97. The first-order valence-electron chi connectivity index (χ1n) is 22.6. The summed E-state index contributed by atoms with van der Waals surface area (Å²) in [5.74, 6) is 2.67. The molecule has 0 saturated heterocycles. The first kappa shape index (κ1) is 48.2. The minimum Gasteiger partial charge on any atom is -0.469 e. The van der Waals surface area contributed by atoms with Gasteiger partial charge in [-0.15, -0.1) is 5.73 Å². The van der Waals surface area contributed by atoms with Gasteiger partial charge in [0.15, 0.2) is 0 Å². The van der Waals surface area contributed by atoms with Crippen molar-refractivity contribution >= 4 is 37.4 Å². The van der Waals surface area contributed by atoms with E-state index in [1.54, 1.807) is 6.26 Å². The summed E-state index contributed by atoms with van der Waals surface area (Å²) in [5, 5.41) is 9.82. The second-order valence-electron chi connectivity index (χ2n) is 17.1. The van der Waals surface area contributed by atoms with Gasteiger partial charge in [0, 0.05) is 46.0 Å². The first-order chi connectivity index (χ1) is 30.5. The number of hydrogen-bond acceptors (Lipinski definition) is 5. The third-order valence-corrected chi connectivity index (χ3v) is 11.5. The lowest BCUT2D eigenvalue weighted by atomic mass is 9.96. The van der Waals surface area contributed by atoms with E-state index in [1.807, 2.05) is 38.1 Å². The Morgan fingerprint density at radius 3 is 1.71 bits per heavy atom. The van der Waals surface area contributed by atoms with Crippen molar-refractivity contribution in [2.45, 2.75) is 98.3 Å². The summed E-state index contributed by atoms with van der Waals surface area (Å²) in [4.78, 5) is 4.88. The van der Waals surface area contributed by atoms with Crippen LogP contribution in [0.2, 0.25) is 0 Å². The summed E-state index contributed by atoms with van der Waals surface area (Å²) >= 11 is 0. The minimum absolute atomic E-state index is 0.793. The predicted molar refractivity (Wildman–Crippen MR) is 276 cm³/mol. The summed E-state index contributed by atoms with van der Waals surface area (Å²) in [6.07, 6.45) is 20.4. The molecule has 1 heterocycles. The molecule has 5 aromatic rings. The second kappa shape index (κ2) is 25.9. The maximum Gasteiger partial charge on any atom is 0.104 e. The van der Waals surface area contributed by atoms with Crippen LogP contribution in [0.3, 0.4) is 0 Å². The van der Waals surface area contributed by atoms with E-state index in [0.717, 1.165) is 96.0 Å². The van der Waals surface area contributed by atoms with Gasteiger partial charge in [-0.2, -0.15) is 0 Å². The highest BCUT2D eigenvalue weighted by molar-refractivity contribution is 7.40. The lowest BCUT2D eigenvalue weighted by Crippen LogP contribution is -2.03. The van der Waals surface area contributed by atoms with Crippen LogP contribution in [0.4, 0.5) is 22.7 Å². The molecule has 3 N–H and O–H groups in total. The number of anilines is 3. The van der Waals surface area contributed by atoms with E-state index in [9.17, 15) is 0 Å². The smallest absolute Gasteiger partial charge is 0.104 e. The molecular formula is C57H69N4OP. The van der Waals surface area contributed by atoms with Gasteiger partial charge in [-0.05, 0) is 165 Å². The Morgan fingerprint density at radius 2 is 1.25 bits per heavy atom. The molecule has 5 nitrogen and oxygen atoms in total. The summed E-state index contributed by atoms with van der Waals surface area (Å²) in [7, 11) is 2.88. The van der Waals surface area contributed by atoms with Crippen molar-refractivity contribution in [3.63, 3.8) is 0 Å². The number of allylic oxidation sites excluding steroid dienone is 6. The second-order valence-corrected chi connectivity index (χ2v) is 17.8. The highest BCUT2D eigenvalue weighted by Gasteiger charge is 2.17. The van der Waals surface area contributed by atoms with Crippen LogP contribution in [0.25, 0.3) is 0 Å². The highest BCUT2D eigenvalue weighted by atomic mass is 31.0. The molecule has 1 fully saturated rings. The van der Waals surface area contributed by atoms with Gasteiger partial charge >= 0.3 is 0 Å². The molecule has 3 atom stereocenters. The Kier molecular flexibility index (Phi) is 19.8. The van der Waals surface area contributed by atoms with Gasteiger partial charge in [0.25, 0.3) is 0 Å². The van der Waals surface area contributed by atoms with Crippen LogP contribution in [0.1, 0.15) is 107 Å². The van der Waals surface area contributed by atoms with Gasteiger partial charge in [0.2, 0.25) is 0 Å². The normalized spacial score (nSPS) is 15.4. The topological polar surface area (TPSA) is 61.6 Å². The number of furan rings is 1. The third kappa shape index (κ3) is 18.6. The molecule has 0 spiro atoms. The predicted octanol–water partition coefficient (Wildman–Crippen LogP) is 16.2. The number of aliphatic imine (C=N–C) groups is 1. The minimum atomic E-state index is 0.793. The van der Waals surface area contributed by atoms with E-state index in [1.165, 1.54) is 65.4 Å². The monoisotopic (exact) mass is 857 g/mol.